The molecule has 1 atom stereocenters. The lowest BCUT2D eigenvalue weighted by molar-refractivity contribution is -0.120. The van der Waals surface area contributed by atoms with Gasteiger partial charge in [0, 0.05) is 20.2 Å². The number of methoxy groups -OCH3 is 1. The SMILES string of the molecule is CCn1c(C(C)NC(=O)CNCCOC)nc2ccccc21.Cl.Cl. The van der Waals surface area contributed by atoms with Gasteiger partial charge in [0.05, 0.1) is 30.2 Å². The molecule has 0 bridgehead atoms. The van der Waals surface area contributed by atoms with Crippen molar-refractivity contribution in [3.05, 3.63) is 30.1 Å². The third-order valence-corrected chi connectivity index (χ3v) is 3.53. The van der Waals surface area contributed by atoms with Gasteiger partial charge in [0.2, 0.25) is 5.91 Å². The zero-order valence-electron chi connectivity index (χ0n) is 14.2. The van der Waals surface area contributed by atoms with Crippen LogP contribution in [0.1, 0.15) is 25.7 Å². The number of carbonyl (C=O) groups is 1. The summed E-state index contributed by atoms with van der Waals surface area (Å²) in [5, 5.41) is 6.02. The molecule has 1 unspecified atom stereocenters. The lowest BCUT2D eigenvalue weighted by Crippen LogP contribution is -2.37. The van der Waals surface area contributed by atoms with Crippen molar-refractivity contribution in [1.29, 1.82) is 0 Å². The highest BCUT2D eigenvalue weighted by Crippen LogP contribution is 2.20. The van der Waals surface area contributed by atoms with Gasteiger partial charge in [-0.3, -0.25) is 4.79 Å². The van der Waals surface area contributed by atoms with Gasteiger partial charge in [-0.05, 0) is 26.0 Å². The number of aryl methyl sites for hydroxylation is 1. The van der Waals surface area contributed by atoms with E-state index >= 15 is 0 Å². The Balaban J connectivity index is 0.00000264. The van der Waals surface area contributed by atoms with Gasteiger partial charge in [-0.15, -0.1) is 24.8 Å². The number of nitrogens with one attached hydrogen (secondary N) is 2. The van der Waals surface area contributed by atoms with Crippen molar-refractivity contribution in [3.8, 4) is 0 Å². The van der Waals surface area contributed by atoms with Crippen molar-refractivity contribution in [2.24, 2.45) is 0 Å². The number of hydrogen-bond donors (Lipinski definition) is 2. The molecule has 6 nitrogen and oxygen atoms in total. The predicted molar refractivity (Wildman–Crippen MR) is 101 cm³/mol. The average Bonchev–Trinajstić information content (AvgIpc) is 2.90. The first kappa shape index (κ1) is 22.7. The Bertz CT molecular complexity index is 634. The van der Waals surface area contributed by atoms with Gasteiger partial charge in [-0.25, -0.2) is 4.98 Å². The number of aromatic nitrogens is 2. The monoisotopic (exact) mass is 376 g/mol. The number of ether oxygens (including phenoxy) is 1. The molecule has 1 aromatic heterocycles. The van der Waals surface area contributed by atoms with E-state index in [1.54, 1.807) is 7.11 Å². The predicted octanol–water partition coefficient (Wildman–Crippen LogP) is 2.31. The van der Waals surface area contributed by atoms with Gasteiger partial charge >= 0.3 is 0 Å². The molecule has 0 aliphatic rings. The topological polar surface area (TPSA) is 68.2 Å². The summed E-state index contributed by atoms with van der Waals surface area (Å²) in [6.45, 7) is 6.39. The minimum atomic E-state index is -0.135. The van der Waals surface area contributed by atoms with Crippen molar-refractivity contribution < 1.29 is 9.53 Å². The molecule has 0 radical (unpaired) electrons. The highest BCUT2D eigenvalue weighted by molar-refractivity contribution is 5.85. The lowest BCUT2D eigenvalue weighted by atomic mass is 10.3. The fourth-order valence-electron chi connectivity index (χ4n) is 2.49. The minimum absolute atomic E-state index is 0. The summed E-state index contributed by atoms with van der Waals surface area (Å²) < 4.78 is 7.07. The normalized spacial score (nSPS) is 11.5. The number of nitrogens with zero attached hydrogens (tertiary/aromatic N) is 2. The summed E-state index contributed by atoms with van der Waals surface area (Å²) in [4.78, 5) is 16.6. The molecule has 0 saturated carbocycles. The van der Waals surface area contributed by atoms with Crippen LogP contribution in [0.4, 0.5) is 0 Å². The molecule has 8 heteroatoms. The van der Waals surface area contributed by atoms with E-state index in [1.807, 2.05) is 25.1 Å². The standard InChI is InChI=1S/C16H24N4O2.2ClH/c1-4-20-14-8-6-5-7-13(14)19-16(20)12(2)18-15(21)11-17-9-10-22-3;;/h5-8,12,17H,4,9-11H2,1-3H3,(H,18,21);2*1H. The van der Waals surface area contributed by atoms with Crippen molar-refractivity contribution in [1.82, 2.24) is 20.2 Å². The Hall–Kier alpha value is -1.34. The third kappa shape index (κ3) is 5.63. The number of carbonyl (C=O) groups excluding carboxylic acids is 1. The van der Waals surface area contributed by atoms with Gasteiger partial charge in [0.1, 0.15) is 5.82 Å². The summed E-state index contributed by atoms with van der Waals surface area (Å²) in [7, 11) is 1.64. The van der Waals surface area contributed by atoms with Crippen molar-refractivity contribution >= 4 is 41.8 Å². The summed E-state index contributed by atoms with van der Waals surface area (Å²) in [5.74, 6) is 0.840. The van der Waals surface area contributed by atoms with Crippen LogP contribution in [-0.4, -0.2) is 42.3 Å². The zero-order chi connectivity index (χ0) is 15.9. The van der Waals surface area contributed by atoms with Crippen LogP contribution in [0.15, 0.2) is 24.3 Å². The molecule has 24 heavy (non-hydrogen) atoms. The number of halogens is 2. The maximum absolute atomic E-state index is 12.0. The number of hydrogen-bond acceptors (Lipinski definition) is 4. The van der Waals surface area contributed by atoms with Gasteiger partial charge in [-0.1, -0.05) is 12.1 Å². The number of amides is 1. The van der Waals surface area contributed by atoms with Crippen LogP contribution in [0.2, 0.25) is 0 Å². The zero-order valence-corrected chi connectivity index (χ0v) is 15.9. The van der Waals surface area contributed by atoms with Gasteiger partial charge < -0.3 is 19.9 Å². The van der Waals surface area contributed by atoms with Crippen molar-refractivity contribution in [3.63, 3.8) is 0 Å². The average molecular weight is 377 g/mol. The van der Waals surface area contributed by atoms with Crippen molar-refractivity contribution in [2.45, 2.75) is 26.4 Å². The van der Waals surface area contributed by atoms with E-state index in [4.69, 9.17) is 4.74 Å². The van der Waals surface area contributed by atoms with Crippen LogP contribution in [-0.2, 0) is 16.1 Å². The first-order chi connectivity index (χ1) is 10.7. The Labute approximate surface area is 155 Å². The van der Waals surface area contributed by atoms with E-state index < -0.39 is 0 Å². The molecule has 2 aromatic rings. The van der Waals surface area contributed by atoms with Gasteiger partial charge in [0.15, 0.2) is 0 Å². The van der Waals surface area contributed by atoms with E-state index in [0.29, 0.717) is 13.2 Å². The van der Waals surface area contributed by atoms with Crippen LogP contribution in [0.3, 0.4) is 0 Å². The molecule has 1 heterocycles. The molecule has 0 saturated heterocycles. The number of fused-ring (bicyclic) bond motifs is 1. The summed E-state index contributed by atoms with van der Waals surface area (Å²) >= 11 is 0. The fourth-order valence-corrected chi connectivity index (χ4v) is 2.49. The van der Waals surface area contributed by atoms with Crippen LogP contribution >= 0.6 is 24.8 Å². The molecule has 136 valence electrons. The van der Waals surface area contributed by atoms with E-state index in [1.165, 1.54) is 0 Å². The molecule has 1 amide bonds. The van der Waals surface area contributed by atoms with Crippen molar-refractivity contribution in [2.75, 3.05) is 26.8 Å². The quantitative estimate of drug-likeness (QED) is 0.693. The fraction of sp³-hybridized carbons (Fsp3) is 0.500. The second kappa shape index (κ2) is 11.3. The number of imidazole rings is 1. The first-order valence-electron chi connectivity index (χ1n) is 7.61. The number of rotatable bonds is 8. The van der Waals surface area contributed by atoms with E-state index in [2.05, 4.69) is 33.2 Å². The molecule has 0 spiro atoms. The molecule has 0 aliphatic heterocycles. The smallest absolute Gasteiger partial charge is 0.234 e. The lowest BCUT2D eigenvalue weighted by Gasteiger charge is -2.15. The maximum Gasteiger partial charge on any atom is 0.234 e. The summed E-state index contributed by atoms with van der Waals surface area (Å²) in [6.07, 6.45) is 0. The number of benzene rings is 1. The van der Waals surface area contributed by atoms with Crippen LogP contribution in [0, 0.1) is 0 Å². The molecular formula is C16H26Cl2N4O2. The molecule has 0 aliphatic carbocycles. The minimum Gasteiger partial charge on any atom is -0.383 e. The molecule has 2 rings (SSSR count). The summed E-state index contributed by atoms with van der Waals surface area (Å²) in [6, 6.07) is 7.89. The summed E-state index contributed by atoms with van der Waals surface area (Å²) in [5.41, 5.74) is 2.05. The van der Waals surface area contributed by atoms with Crippen LogP contribution in [0.25, 0.3) is 11.0 Å². The van der Waals surface area contributed by atoms with E-state index in [0.717, 1.165) is 23.4 Å². The molecule has 2 N–H and O–H groups in total. The largest absolute Gasteiger partial charge is 0.383 e. The third-order valence-electron chi connectivity index (χ3n) is 3.53. The van der Waals surface area contributed by atoms with Crippen LogP contribution < -0.4 is 10.6 Å². The second-order valence-electron chi connectivity index (χ2n) is 5.16. The van der Waals surface area contributed by atoms with Gasteiger partial charge in [-0.2, -0.15) is 0 Å². The van der Waals surface area contributed by atoms with E-state index in [9.17, 15) is 4.79 Å². The molecular weight excluding hydrogens is 351 g/mol. The number of para-hydroxylation sites is 2. The highest BCUT2D eigenvalue weighted by Gasteiger charge is 2.17. The molecule has 1 aromatic carbocycles. The van der Waals surface area contributed by atoms with Crippen LogP contribution in [0.5, 0.6) is 0 Å². The Morgan fingerprint density at radius 1 is 1.33 bits per heavy atom. The second-order valence-corrected chi connectivity index (χ2v) is 5.16. The molecule has 0 fully saturated rings. The Morgan fingerprint density at radius 3 is 2.71 bits per heavy atom. The highest BCUT2D eigenvalue weighted by atomic mass is 35.5. The Kier molecular flexibility index (Phi) is 10.6. The Morgan fingerprint density at radius 2 is 2.04 bits per heavy atom. The van der Waals surface area contributed by atoms with E-state index in [-0.39, 0.29) is 43.3 Å². The maximum atomic E-state index is 12.0. The first-order valence-corrected chi connectivity index (χ1v) is 7.61. The van der Waals surface area contributed by atoms with Gasteiger partial charge in [0.25, 0.3) is 0 Å².